The SMILES string of the molecule is Cc1c(Cc2ccccc2)c(=O)oc2cc(OCC(=O)N[C@@H](Cc3c[nH]c4ccc(O)cc34)C(=O)O)c(Cl)cc12. The molecule has 4 N–H and O–H groups in total. The number of benzene rings is 3. The second kappa shape index (κ2) is 11.2. The predicted octanol–water partition coefficient (Wildman–Crippen LogP) is 4.72. The Bertz CT molecular complexity index is 1790. The molecule has 0 aliphatic carbocycles. The topological polar surface area (TPSA) is 142 Å². The lowest BCUT2D eigenvalue weighted by Crippen LogP contribution is -2.44. The highest BCUT2D eigenvalue weighted by molar-refractivity contribution is 6.32. The van der Waals surface area contributed by atoms with E-state index in [1.165, 1.54) is 18.2 Å². The van der Waals surface area contributed by atoms with Crippen molar-refractivity contribution in [3.05, 3.63) is 105 Å². The Morgan fingerprint density at radius 3 is 2.62 bits per heavy atom. The third-order valence-electron chi connectivity index (χ3n) is 6.73. The second-order valence-corrected chi connectivity index (χ2v) is 9.84. The van der Waals surface area contributed by atoms with Gasteiger partial charge < -0.3 is 29.7 Å². The normalized spacial score (nSPS) is 11.9. The summed E-state index contributed by atoms with van der Waals surface area (Å²) in [7, 11) is 0. The third-order valence-corrected chi connectivity index (χ3v) is 7.03. The number of aromatic amines is 1. The summed E-state index contributed by atoms with van der Waals surface area (Å²) in [6, 6.07) is 16.1. The smallest absolute Gasteiger partial charge is 0.340 e. The number of aromatic nitrogens is 1. The number of phenolic OH excluding ortho intramolecular Hbond substituents is 1. The first kappa shape index (κ1) is 26.8. The van der Waals surface area contributed by atoms with Crippen molar-refractivity contribution < 1.29 is 29.0 Å². The number of aromatic hydroxyl groups is 1. The zero-order valence-electron chi connectivity index (χ0n) is 21.4. The van der Waals surface area contributed by atoms with E-state index in [0.29, 0.717) is 28.3 Å². The van der Waals surface area contributed by atoms with Gasteiger partial charge in [0.1, 0.15) is 23.1 Å². The fourth-order valence-corrected chi connectivity index (χ4v) is 4.86. The molecule has 0 radical (unpaired) electrons. The van der Waals surface area contributed by atoms with Gasteiger partial charge in [-0.1, -0.05) is 41.9 Å². The number of ether oxygens (including phenoxy) is 1. The van der Waals surface area contributed by atoms with Crippen LogP contribution in [0.2, 0.25) is 5.02 Å². The molecule has 204 valence electrons. The number of carboxylic acids is 1. The molecule has 0 aliphatic heterocycles. The Balaban J connectivity index is 1.29. The molecular formula is C30H25ClN2O7. The van der Waals surface area contributed by atoms with Crippen LogP contribution in [-0.4, -0.2) is 39.7 Å². The lowest BCUT2D eigenvalue weighted by Gasteiger charge is -2.15. The number of halogens is 1. The molecule has 5 rings (SSSR count). The van der Waals surface area contributed by atoms with Gasteiger partial charge in [-0.05, 0) is 47.9 Å². The Hall–Kier alpha value is -4.76. The molecule has 0 saturated carbocycles. The average molecular weight is 561 g/mol. The predicted molar refractivity (Wildman–Crippen MR) is 150 cm³/mol. The maximum absolute atomic E-state index is 12.8. The highest BCUT2D eigenvalue weighted by atomic mass is 35.5. The first-order valence-electron chi connectivity index (χ1n) is 12.4. The van der Waals surface area contributed by atoms with Crippen LogP contribution in [0.25, 0.3) is 21.9 Å². The summed E-state index contributed by atoms with van der Waals surface area (Å²) in [6.45, 7) is 1.31. The number of carboxylic acid groups (broad SMARTS) is 1. The van der Waals surface area contributed by atoms with Gasteiger partial charge in [-0.25, -0.2) is 9.59 Å². The van der Waals surface area contributed by atoms with E-state index < -0.39 is 30.2 Å². The molecule has 0 spiro atoms. The van der Waals surface area contributed by atoms with E-state index >= 15 is 0 Å². The minimum Gasteiger partial charge on any atom is -0.508 e. The Labute approximate surface area is 233 Å². The fourth-order valence-electron chi connectivity index (χ4n) is 4.64. The zero-order valence-corrected chi connectivity index (χ0v) is 22.1. The molecule has 2 heterocycles. The molecule has 1 amide bonds. The molecule has 10 heteroatoms. The summed E-state index contributed by atoms with van der Waals surface area (Å²) in [4.78, 5) is 40.3. The van der Waals surface area contributed by atoms with Crippen LogP contribution in [0.4, 0.5) is 0 Å². The molecule has 5 aromatic rings. The van der Waals surface area contributed by atoms with Crippen LogP contribution in [0.5, 0.6) is 11.5 Å². The van der Waals surface area contributed by atoms with Crippen LogP contribution in [0.1, 0.15) is 22.3 Å². The van der Waals surface area contributed by atoms with E-state index in [4.69, 9.17) is 20.8 Å². The van der Waals surface area contributed by atoms with Gasteiger partial charge in [-0.2, -0.15) is 0 Å². The molecule has 0 saturated heterocycles. The Morgan fingerprint density at radius 2 is 1.88 bits per heavy atom. The zero-order chi connectivity index (χ0) is 28.4. The molecule has 1 atom stereocenters. The van der Waals surface area contributed by atoms with Gasteiger partial charge >= 0.3 is 11.6 Å². The van der Waals surface area contributed by atoms with Crippen molar-refractivity contribution >= 4 is 45.3 Å². The first-order chi connectivity index (χ1) is 19.2. The number of amides is 1. The number of carbonyl (C=O) groups excluding carboxylic acids is 1. The van der Waals surface area contributed by atoms with Crippen LogP contribution >= 0.6 is 11.6 Å². The molecule has 3 aromatic carbocycles. The van der Waals surface area contributed by atoms with E-state index in [1.807, 2.05) is 37.3 Å². The van der Waals surface area contributed by atoms with Gasteiger partial charge in [0.05, 0.1) is 5.02 Å². The van der Waals surface area contributed by atoms with Gasteiger partial charge in [0.15, 0.2) is 6.61 Å². The number of phenols is 1. The number of hydrogen-bond donors (Lipinski definition) is 4. The number of aryl methyl sites for hydroxylation is 1. The number of H-pyrrole nitrogens is 1. The van der Waals surface area contributed by atoms with E-state index in [0.717, 1.165) is 16.6 Å². The Morgan fingerprint density at radius 1 is 1.10 bits per heavy atom. The molecule has 2 aromatic heterocycles. The van der Waals surface area contributed by atoms with Gasteiger partial charge in [-0.3, -0.25) is 4.79 Å². The van der Waals surface area contributed by atoms with E-state index in [2.05, 4.69) is 10.3 Å². The van der Waals surface area contributed by atoms with E-state index in [9.17, 15) is 24.6 Å². The lowest BCUT2D eigenvalue weighted by atomic mass is 9.99. The number of hydrogen-bond acceptors (Lipinski definition) is 6. The van der Waals surface area contributed by atoms with Crippen LogP contribution in [0.15, 0.2) is 76.1 Å². The molecule has 0 bridgehead atoms. The summed E-state index contributed by atoms with van der Waals surface area (Å²) in [6.07, 6.45) is 2.03. The highest BCUT2D eigenvalue weighted by Crippen LogP contribution is 2.32. The van der Waals surface area contributed by atoms with Crippen molar-refractivity contribution in [2.45, 2.75) is 25.8 Å². The largest absolute Gasteiger partial charge is 0.508 e. The first-order valence-corrected chi connectivity index (χ1v) is 12.8. The van der Waals surface area contributed by atoms with Gasteiger partial charge in [0.2, 0.25) is 0 Å². The van der Waals surface area contributed by atoms with Crippen molar-refractivity contribution in [1.29, 1.82) is 0 Å². The minimum absolute atomic E-state index is 0.0169. The average Bonchev–Trinajstić information content (AvgIpc) is 3.32. The van der Waals surface area contributed by atoms with Crippen molar-refractivity contribution in [3.8, 4) is 11.5 Å². The van der Waals surface area contributed by atoms with Gasteiger partial charge in [0, 0.05) is 47.0 Å². The van der Waals surface area contributed by atoms with Crippen LogP contribution in [0, 0.1) is 6.92 Å². The summed E-state index contributed by atoms with van der Waals surface area (Å²) in [5.74, 6) is -1.75. The molecule has 9 nitrogen and oxygen atoms in total. The van der Waals surface area contributed by atoms with Crippen molar-refractivity contribution in [1.82, 2.24) is 10.3 Å². The molecular weight excluding hydrogens is 536 g/mol. The monoisotopic (exact) mass is 560 g/mol. The lowest BCUT2D eigenvalue weighted by molar-refractivity contribution is -0.142. The van der Waals surface area contributed by atoms with Gasteiger partial charge in [0.25, 0.3) is 5.91 Å². The van der Waals surface area contributed by atoms with E-state index in [-0.39, 0.29) is 28.5 Å². The maximum Gasteiger partial charge on any atom is 0.340 e. The van der Waals surface area contributed by atoms with Crippen molar-refractivity contribution in [3.63, 3.8) is 0 Å². The summed E-state index contributed by atoms with van der Waals surface area (Å²) in [5, 5.41) is 23.4. The number of carbonyl (C=O) groups is 2. The number of rotatable bonds is 9. The third kappa shape index (κ3) is 5.64. The summed E-state index contributed by atoms with van der Waals surface area (Å²) < 4.78 is 11.1. The molecule has 0 fully saturated rings. The number of nitrogens with one attached hydrogen (secondary N) is 2. The van der Waals surface area contributed by atoms with E-state index in [1.54, 1.807) is 18.3 Å². The second-order valence-electron chi connectivity index (χ2n) is 9.43. The van der Waals surface area contributed by atoms with Crippen molar-refractivity contribution in [2.24, 2.45) is 0 Å². The fraction of sp³-hybridized carbons (Fsp3) is 0.167. The quantitative estimate of drug-likeness (QED) is 0.191. The minimum atomic E-state index is -1.24. The summed E-state index contributed by atoms with van der Waals surface area (Å²) >= 11 is 6.44. The summed E-state index contributed by atoms with van der Waals surface area (Å²) in [5.41, 5.74) is 3.35. The van der Waals surface area contributed by atoms with Gasteiger partial charge in [-0.15, -0.1) is 0 Å². The number of aliphatic carboxylic acids is 1. The van der Waals surface area contributed by atoms with Crippen LogP contribution in [-0.2, 0) is 22.4 Å². The van der Waals surface area contributed by atoms with Crippen LogP contribution < -0.4 is 15.7 Å². The standard InChI is InChI=1S/C30H25ClN2O7/c1-16-20-12-23(31)27(13-26(20)40-30(38)21(16)9-17-5-3-2-4-6-17)39-15-28(35)33-25(29(36)37)10-18-14-32-24-8-7-19(34)11-22(18)24/h2-8,11-14,25,32,34H,9-10,15H2,1H3,(H,33,35)(H,36,37)/t25-/m0/s1. The Kier molecular flexibility index (Phi) is 7.48. The number of fused-ring (bicyclic) bond motifs is 2. The molecule has 40 heavy (non-hydrogen) atoms. The van der Waals surface area contributed by atoms with Crippen LogP contribution in [0.3, 0.4) is 0 Å². The maximum atomic E-state index is 12.8. The molecule has 0 aliphatic rings. The molecule has 0 unspecified atom stereocenters. The highest BCUT2D eigenvalue weighted by Gasteiger charge is 2.23. The van der Waals surface area contributed by atoms with Crippen molar-refractivity contribution in [2.75, 3.05) is 6.61 Å².